The molecule has 0 bridgehead atoms. The quantitative estimate of drug-likeness (QED) is 0.244. The molecule has 16 unspecified atom stereocenters. The number of benzene rings is 3. The Morgan fingerprint density at radius 3 is 1.28 bits per heavy atom. The second kappa shape index (κ2) is 13.1. The third-order valence-corrected chi connectivity index (χ3v) is 22.5. The molecule has 5 aliphatic heterocycles. The van der Waals surface area contributed by atoms with Crippen molar-refractivity contribution in [3.8, 4) is 0 Å². The highest BCUT2D eigenvalue weighted by Gasteiger charge is 2.77. The minimum atomic E-state index is 0.727. The van der Waals surface area contributed by atoms with Crippen molar-refractivity contribution in [2.24, 2.45) is 47.3 Å². The first-order chi connectivity index (χ1) is 29.3. The van der Waals surface area contributed by atoms with E-state index in [0.29, 0.717) is 0 Å². The van der Waals surface area contributed by atoms with Crippen molar-refractivity contribution in [2.75, 3.05) is 0 Å². The van der Waals surface area contributed by atoms with Gasteiger partial charge in [0.25, 0.3) is 0 Å². The number of hydrogen-bond donors (Lipinski definition) is 0. The van der Waals surface area contributed by atoms with Crippen molar-refractivity contribution in [3.05, 3.63) is 93.5 Å². The highest BCUT2D eigenvalue weighted by atomic mass is 15.4. The molecule has 16 atom stereocenters. The fourth-order valence-corrected chi connectivity index (χ4v) is 21.7. The number of rotatable bonds is 3. The summed E-state index contributed by atoms with van der Waals surface area (Å²) < 4.78 is 0. The molecule has 3 aromatic rings. The predicted molar refractivity (Wildman–Crippen MR) is 251 cm³/mol. The van der Waals surface area contributed by atoms with E-state index in [1.165, 1.54) is 83.5 Å². The summed E-state index contributed by atoms with van der Waals surface area (Å²) in [6.07, 6.45) is 19.5. The zero-order valence-corrected chi connectivity index (χ0v) is 37.9. The Hall–Kier alpha value is -2.29. The van der Waals surface area contributed by atoms with Crippen LogP contribution < -0.4 is 10.9 Å². The van der Waals surface area contributed by atoms with Crippen LogP contribution in [0, 0.1) is 88.9 Å². The van der Waals surface area contributed by atoms with Gasteiger partial charge in [0, 0.05) is 36.3 Å². The minimum Gasteiger partial charge on any atom is -0.293 e. The molecule has 0 amide bonds. The van der Waals surface area contributed by atoms with Gasteiger partial charge in [0.2, 0.25) is 0 Å². The van der Waals surface area contributed by atoms with Crippen LogP contribution in [0.25, 0.3) is 0 Å². The summed E-state index contributed by atoms with van der Waals surface area (Å²) in [4.78, 5) is 7.25. The third-order valence-electron chi connectivity index (χ3n) is 22.5. The van der Waals surface area contributed by atoms with Crippen molar-refractivity contribution in [3.63, 3.8) is 0 Å². The van der Waals surface area contributed by atoms with E-state index in [4.69, 9.17) is 0 Å². The van der Waals surface area contributed by atoms with Gasteiger partial charge in [-0.05, 0) is 160 Å². The van der Waals surface area contributed by atoms with Gasteiger partial charge in [-0.2, -0.15) is 0 Å². The lowest BCUT2D eigenvalue weighted by Crippen LogP contribution is -2.90. The third kappa shape index (κ3) is 4.63. The maximum atomic E-state index is 3.65. The van der Waals surface area contributed by atoms with Crippen LogP contribution in [0.2, 0.25) is 23.3 Å². The number of piperidine rings is 2. The van der Waals surface area contributed by atoms with Gasteiger partial charge in [-0.15, -0.1) is 0 Å². The van der Waals surface area contributed by atoms with E-state index >= 15 is 0 Å². The fourth-order valence-electron chi connectivity index (χ4n) is 21.7. The van der Waals surface area contributed by atoms with Gasteiger partial charge in [-0.25, -0.2) is 0 Å². The van der Waals surface area contributed by atoms with Crippen LogP contribution >= 0.6 is 0 Å². The van der Waals surface area contributed by atoms with E-state index in [2.05, 4.69) is 106 Å². The maximum Gasteiger partial charge on any atom is 0.186 e. The lowest BCUT2D eigenvalue weighted by molar-refractivity contribution is -0.280. The van der Waals surface area contributed by atoms with Gasteiger partial charge in [-0.3, -0.25) is 9.80 Å². The largest absolute Gasteiger partial charge is 0.293 e. The zero-order valence-electron chi connectivity index (χ0n) is 37.9. The Bertz CT molecular complexity index is 2060. The molecule has 5 heterocycles. The first-order valence-electron chi connectivity index (χ1n) is 26.0. The summed E-state index contributed by atoms with van der Waals surface area (Å²) >= 11 is 0. The standard InChI is InChI=1S/C56H72B2N2/c1-29-13-7-14-30(2)46(29)37-25-40-38-21-10-19-35-27-44-53-55(47(35)38)59-51(40)41(26-37)39-22-11-20-36-28-45-54(56(59)48(36)39)60(53)52-42(57(44)49-31(3)15-8-16-32(49)4)23-12-24-43(52)58(45)50-33(5)17-9-18-34(50)6/h7-9,13-18,35-45,47-48,51-56H,10-12,19-28H2,1-6H3. The van der Waals surface area contributed by atoms with Crippen molar-refractivity contribution in [1.82, 2.24) is 9.80 Å². The highest BCUT2D eigenvalue weighted by Crippen LogP contribution is 2.74. The van der Waals surface area contributed by atoms with E-state index in [9.17, 15) is 0 Å². The number of fused-ring (bicyclic) bond motifs is 2. The van der Waals surface area contributed by atoms with Crippen molar-refractivity contribution >= 4 is 24.4 Å². The number of nitrogens with zero attached hydrogens (tertiary/aromatic N) is 2. The van der Waals surface area contributed by atoms with E-state index in [0.717, 1.165) is 126 Å². The molecule has 0 spiro atoms. The summed E-state index contributed by atoms with van der Waals surface area (Å²) in [6, 6.07) is 26.8. The van der Waals surface area contributed by atoms with E-state index in [1.807, 2.05) is 10.9 Å². The summed E-state index contributed by atoms with van der Waals surface area (Å²) in [7, 11) is 0. The lowest BCUT2D eigenvalue weighted by Gasteiger charge is -2.82. The SMILES string of the molecule is Cc1cccc(C)c1B1C2CCCC3B(c4c(C)cccc4C)C4CC5CCCC6C7CC(c8c(C)cccc8C)CC8C9CCCC%10CC1C1C(C%109)N(C87)C(C56)C4N1C23. The molecule has 11 aliphatic rings. The Balaban J connectivity index is 1.02. The van der Waals surface area contributed by atoms with Crippen molar-refractivity contribution < 1.29 is 0 Å². The Labute approximate surface area is 364 Å². The molecule has 312 valence electrons. The van der Waals surface area contributed by atoms with E-state index < -0.39 is 0 Å². The van der Waals surface area contributed by atoms with Gasteiger partial charge >= 0.3 is 0 Å². The Kier molecular flexibility index (Phi) is 8.13. The second-order valence-corrected chi connectivity index (χ2v) is 24.2. The summed E-state index contributed by atoms with van der Waals surface area (Å²) in [6.45, 7) is 16.5. The van der Waals surface area contributed by atoms with Crippen LogP contribution in [0.5, 0.6) is 0 Å². The fraction of sp³-hybridized carbons (Fsp3) is 0.679. The lowest BCUT2D eigenvalue weighted by atomic mass is 9.15. The average molecular weight is 795 g/mol. The van der Waals surface area contributed by atoms with E-state index in [1.54, 1.807) is 38.9 Å². The predicted octanol–water partition coefficient (Wildman–Crippen LogP) is 10.9. The van der Waals surface area contributed by atoms with Crippen LogP contribution in [0.4, 0.5) is 0 Å². The molecule has 11 fully saturated rings. The Morgan fingerprint density at radius 1 is 0.400 bits per heavy atom. The first kappa shape index (κ1) is 37.1. The van der Waals surface area contributed by atoms with E-state index in [-0.39, 0.29) is 0 Å². The molecule has 0 N–H and O–H groups in total. The molecule has 5 saturated heterocycles. The smallest absolute Gasteiger partial charge is 0.186 e. The molecular weight excluding hydrogens is 722 g/mol. The van der Waals surface area contributed by atoms with Crippen LogP contribution in [0.1, 0.15) is 128 Å². The Morgan fingerprint density at radius 2 is 0.817 bits per heavy atom. The molecule has 60 heavy (non-hydrogen) atoms. The van der Waals surface area contributed by atoms with Gasteiger partial charge in [0.15, 0.2) is 13.4 Å². The number of hydrogen-bond acceptors (Lipinski definition) is 2. The normalized spacial score (nSPS) is 46.6. The highest BCUT2D eigenvalue weighted by molar-refractivity contribution is 6.79. The topological polar surface area (TPSA) is 6.48 Å². The van der Waals surface area contributed by atoms with Crippen LogP contribution in [-0.2, 0) is 0 Å². The molecule has 0 radical (unpaired) electrons. The number of piperazine rings is 1. The first-order valence-corrected chi connectivity index (χ1v) is 26.0. The van der Waals surface area contributed by atoms with Crippen molar-refractivity contribution in [2.45, 2.75) is 190 Å². The molecule has 2 nitrogen and oxygen atoms in total. The van der Waals surface area contributed by atoms with Gasteiger partial charge < -0.3 is 0 Å². The molecule has 3 aromatic carbocycles. The monoisotopic (exact) mass is 795 g/mol. The molecule has 6 saturated carbocycles. The second-order valence-electron chi connectivity index (χ2n) is 24.2. The molecule has 14 rings (SSSR count). The van der Waals surface area contributed by atoms with Crippen LogP contribution in [0.15, 0.2) is 54.6 Å². The van der Waals surface area contributed by atoms with Crippen molar-refractivity contribution in [1.29, 1.82) is 0 Å². The van der Waals surface area contributed by atoms with Crippen LogP contribution in [-0.4, -0.2) is 59.5 Å². The summed E-state index contributed by atoms with van der Waals surface area (Å²) in [5.74, 6) is 11.4. The average Bonchev–Trinajstić information content (AvgIpc) is 3.24. The molecule has 0 aromatic heterocycles. The molecular formula is C56H72B2N2. The molecule has 6 aliphatic carbocycles. The summed E-state index contributed by atoms with van der Waals surface area (Å²) in [5, 5.41) is 0. The maximum absolute atomic E-state index is 3.65. The summed E-state index contributed by atoms with van der Waals surface area (Å²) in [5.41, 5.74) is 15.1. The van der Waals surface area contributed by atoms with Gasteiger partial charge in [0.1, 0.15) is 0 Å². The zero-order chi connectivity index (χ0) is 40.0. The van der Waals surface area contributed by atoms with Crippen LogP contribution in [0.3, 0.4) is 0 Å². The minimum absolute atomic E-state index is 0.727. The van der Waals surface area contributed by atoms with Gasteiger partial charge in [-0.1, -0.05) is 146 Å². The molecule has 4 heteroatoms. The number of aryl methyl sites for hydroxylation is 6. The van der Waals surface area contributed by atoms with Gasteiger partial charge in [0.05, 0.1) is 0 Å².